The van der Waals surface area contributed by atoms with Gasteiger partial charge in [-0.05, 0) is 69.7 Å². The van der Waals surface area contributed by atoms with Crippen LogP contribution in [0.25, 0.3) is 0 Å². The van der Waals surface area contributed by atoms with Crippen molar-refractivity contribution < 1.29 is 9.53 Å². The van der Waals surface area contributed by atoms with Gasteiger partial charge in [0, 0.05) is 0 Å². The molecular formula is C19H31NO2. The highest BCUT2D eigenvalue weighted by Crippen LogP contribution is 2.55. The number of allylic oxidation sites excluding steroid dienone is 3. The SMILES string of the molecule is C=CC1=C(CCC)C2(CCN(C)CC2)CC1CC(=O)OCC. The van der Waals surface area contributed by atoms with E-state index in [1.807, 2.05) is 13.0 Å². The number of likely N-dealkylation sites (tertiary alicyclic amines) is 1. The van der Waals surface area contributed by atoms with Crippen molar-refractivity contribution in [2.45, 2.75) is 52.4 Å². The van der Waals surface area contributed by atoms with Gasteiger partial charge in [-0.2, -0.15) is 0 Å². The molecule has 0 saturated carbocycles. The molecule has 0 bridgehead atoms. The highest BCUT2D eigenvalue weighted by molar-refractivity contribution is 5.70. The molecule has 3 nitrogen and oxygen atoms in total. The highest BCUT2D eigenvalue weighted by Gasteiger charge is 2.45. The highest BCUT2D eigenvalue weighted by atomic mass is 16.5. The van der Waals surface area contributed by atoms with Crippen LogP contribution in [-0.2, 0) is 9.53 Å². The fourth-order valence-electron chi connectivity index (χ4n) is 4.36. The molecule has 0 N–H and O–H groups in total. The zero-order valence-electron chi connectivity index (χ0n) is 14.5. The lowest BCUT2D eigenvalue weighted by atomic mass is 9.71. The lowest BCUT2D eigenvalue weighted by Crippen LogP contribution is -2.38. The quantitative estimate of drug-likeness (QED) is 0.696. The van der Waals surface area contributed by atoms with Gasteiger partial charge in [0.1, 0.15) is 0 Å². The molecule has 0 amide bonds. The summed E-state index contributed by atoms with van der Waals surface area (Å²) in [5.74, 6) is 0.245. The summed E-state index contributed by atoms with van der Waals surface area (Å²) >= 11 is 0. The Bertz CT molecular complexity index is 444. The molecule has 1 saturated heterocycles. The van der Waals surface area contributed by atoms with Crippen LogP contribution in [0.2, 0.25) is 0 Å². The van der Waals surface area contributed by atoms with E-state index in [4.69, 9.17) is 4.74 Å². The minimum atomic E-state index is -0.0623. The van der Waals surface area contributed by atoms with Crippen molar-refractivity contribution in [2.24, 2.45) is 11.3 Å². The number of carbonyl (C=O) groups excluding carboxylic acids is 1. The molecule has 124 valence electrons. The van der Waals surface area contributed by atoms with Crippen LogP contribution in [0.3, 0.4) is 0 Å². The third kappa shape index (κ3) is 3.45. The average molecular weight is 305 g/mol. The van der Waals surface area contributed by atoms with Crippen LogP contribution in [0.15, 0.2) is 23.8 Å². The molecule has 1 spiro atoms. The lowest BCUT2D eigenvalue weighted by molar-refractivity contribution is -0.144. The Morgan fingerprint density at radius 3 is 2.64 bits per heavy atom. The first kappa shape index (κ1) is 17.3. The second-order valence-corrected chi connectivity index (χ2v) is 6.88. The Hall–Kier alpha value is -1.09. The maximum Gasteiger partial charge on any atom is 0.306 e. The van der Waals surface area contributed by atoms with E-state index in [9.17, 15) is 4.79 Å². The van der Waals surface area contributed by atoms with Crippen molar-refractivity contribution >= 4 is 5.97 Å². The normalized spacial score (nSPS) is 24.8. The summed E-state index contributed by atoms with van der Waals surface area (Å²) < 4.78 is 5.18. The van der Waals surface area contributed by atoms with E-state index in [0.29, 0.717) is 24.4 Å². The first-order valence-electron chi connectivity index (χ1n) is 8.76. The number of hydrogen-bond donors (Lipinski definition) is 0. The minimum absolute atomic E-state index is 0.0623. The minimum Gasteiger partial charge on any atom is -0.466 e. The summed E-state index contributed by atoms with van der Waals surface area (Å²) in [4.78, 5) is 14.4. The smallest absolute Gasteiger partial charge is 0.306 e. The van der Waals surface area contributed by atoms with Gasteiger partial charge < -0.3 is 9.64 Å². The molecule has 3 heteroatoms. The predicted molar refractivity (Wildman–Crippen MR) is 90.7 cm³/mol. The van der Waals surface area contributed by atoms with Crippen LogP contribution in [0.5, 0.6) is 0 Å². The zero-order valence-corrected chi connectivity index (χ0v) is 14.5. The Labute approximate surface area is 135 Å². The maximum absolute atomic E-state index is 12.0. The number of carbonyl (C=O) groups is 1. The van der Waals surface area contributed by atoms with Gasteiger partial charge in [-0.15, -0.1) is 0 Å². The van der Waals surface area contributed by atoms with Crippen molar-refractivity contribution in [2.75, 3.05) is 26.7 Å². The molecule has 2 aliphatic rings. The van der Waals surface area contributed by atoms with Crippen molar-refractivity contribution in [3.8, 4) is 0 Å². The van der Waals surface area contributed by atoms with Gasteiger partial charge in [0.15, 0.2) is 0 Å². The second kappa shape index (κ2) is 7.45. The molecule has 0 radical (unpaired) electrons. The first-order valence-corrected chi connectivity index (χ1v) is 8.76. The van der Waals surface area contributed by atoms with Crippen LogP contribution in [0.4, 0.5) is 0 Å². The van der Waals surface area contributed by atoms with Crippen molar-refractivity contribution in [3.05, 3.63) is 23.8 Å². The number of esters is 1. The molecule has 1 fully saturated rings. The van der Waals surface area contributed by atoms with Gasteiger partial charge in [-0.1, -0.05) is 31.6 Å². The summed E-state index contributed by atoms with van der Waals surface area (Å²) in [6.45, 7) is 11.0. The van der Waals surface area contributed by atoms with E-state index in [-0.39, 0.29) is 5.97 Å². The van der Waals surface area contributed by atoms with E-state index in [1.165, 1.54) is 18.4 Å². The molecule has 1 aliphatic heterocycles. The molecule has 0 aromatic carbocycles. The Morgan fingerprint density at radius 2 is 2.09 bits per heavy atom. The van der Waals surface area contributed by atoms with Crippen LogP contribution in [0.1, 0.15) is 52.4 Å². The third-order valence-corrected chi connectivity index (χ3v) is 5.45. The van der Waals surface area contributed by atoms with Gasteiger partial charge >= 0.3 is 5.97 Å². The zero-order chi connectivity index (χ0) is 16.2. The molecule has 1 atom stereocenters. The van der Waals surface area contributed by atoms with E-state index < -0.39 is 0 Å². The van der Waals surface area contributed by atoms with Crippen LogP contribution < -0.4 is 0 Å². The van der Waals surface area contributed by atoms with E-state index >= 15 is 0 Å². The fraction of sp³-hybridized carbons (Fsp3) is 0.737. The van der Waals surface area contributed by atoms with Gasteiger partial charge in [-0.25, -0.2) is 0 Å². The van der Waals surface area contributed by atoms with E-state index in [0.717, 1.165) is 32.4 Å². The molecule has 0 aromatic heterocycles. The van der Waals surface area contributed by atoms with Crippen molar-refractivity contribution in [3.63, 3.8) is 0 Å². The Kier molecular flexibility index (Phi) is 5.85. The van der Waals surface area contributed by atoms with Crippen molar-refractivity contribution in [1.29, 1.82) is 0 Å². The maximum atomic E-state index is 12.0. The van der Waals surface area contributed by atoms with Gasteiger partial charge in [0.25, 0.3) is 0 Å². The lowest BCUT2D eigenvalue weighted by Gasteiger charge is -2.40. The number of hydrogen-bond acceptors (Lipinski definition) is 3. The van der Waals surface area contributed by atoms with E-state index in [2.05, 4.69) is 25.5 Å². The summed E-state index contributed by atoms with van der Waals surface area (Å²) in [7, 11) is 2.20. The summed E-state index contributed by atoms with van der Waals surface area (Å²) in [5.41, 5.74) is 3.25. The van der Waals surface area contributed by atoms with Crippen LogP contribution >= 0.6 is 0 Å². The van der Waals surface area contributed by atoms with Crippen LogP contribution in [-0.4, -0.2) is 37.6 Å². The topological polar surface area (TPSA) is 29.5 Å². The largest absolute Gasteiger partial charge is 0.466 e. The first-order chi connectivity index (χ1) is 10.6. The summed E-state index contributed by atoms with van der Waals surface area (Å²) in [6, 6.07) is 0. The van der Waals surface area contributed by atoms with Crippen molar-refractivity contribution in [1.82, 2.24) is 4.90 Å². The third-order valence-electron chi connectivity index (χ3n) is 5.45. The second-order valence-electron chi connectivity index (χ2n) is 6.88. The summed E-state index contributed by atoms with van der Waals surface area (Å²) in [6.07, 6.45) is 8.38. The van der Waals surface area contributed by atoms with Crippen LogP contribution in [0, 0.1) is 11.3 Å². The molecule has 1 unspecified atom stereocenters. The Morgan fingerprint density at radius 1 is 1.41 bits per heavy atom. The van der Waals surface area contributed by atoms with Gasteiger partial charge in [0.05, 0.1) is 13.0 Å². The standard InChI is InChI=1S/C19H31NO2/c1-5-8-17-16(6-2)15(13-18(21)22-7-3)14-19(17)9-11-20(4)12-10-19/h6,15H,2,5,7-14H2,1,3-4H3. The number of rotatable bonds is 6. The number of piperidine rings is 1. The average Bonchev–Trinajstić information content (AvgIpc) is 2.76. The molecule has 1 heterocycles. The molecule has 22 heavy (non-hydrogen) atoms. The predicted octanol–water partition coefficient (Wildman–Crippen LogP) is 3.95. The molecular weight excluding hydrogens is 274 g/mol. The number of ether oxygens (including phenoxy) is 1. The molecule has 2 rings (SSSR count). The monoisotopic (exact) mass is 305 g/mol. The van der Waals surface area contributed by atoms with Gasteiger partial charge in [-0.3, -0.25) is 4.79 Å². The number of nitrogens with zero attached hydrogens (tertiary/aromatic N) is 1. The summed E-state index contributed by atoms with van der Waals surface area (Å²) in [5, 5.41) is 0. The van der Waals surface area contributed by atoms with E-state index in [1.54, 1.807) is 5.57 Å². The fourth-order valence-corrected chi connectivity index (χ4v) is 4.36. The molecule has 1 aliphatic carbocycles. The Balaban J connectivity index is 2.23. The van der Waals surface area contributed by atoms with Gasteiger partial charge in [0.2, 0.25) is 0 Å². The molecule has 0 aromatic rings.